The first kappa shape index (κ1) is 17.4. The zero-order valence-electron chi connectivity index (χ0n) is 15.1. The quantitative estimate of drug-likeness (QED) is 0.795. The SMILES string of the molecule is CN1C(=O)N2C(=NC1(C)C)N(C(=O)Nc1ccc(Cl)cc1)c1ccccc12. The van der Waals surface area contributed by atoms with Gasteiger partial charge >= 0.3 is 12.1 Å². The van der Waals surface area contributed by atoms with Gasteiger partial charge in [-0.3, -0.25) is 0 Å². The number of carbonyl (C=O) groups is 2. The van der Waals surface area contributed by atoms with E-state index in [9.17, 15) is 9.59 Å². The molecule has 138 valence electrons. The molecule has 2 aliphatic heterocycles. The Balaban J connectivity index is 1.78. The van der Waals surface area contributed by atoms with Crippen LogP contribution in [0.15, 0.2) is 53.5 Å². The van der Waals surface area contributed by atoms with E-state index in [0.29, 0.717) is 22.1 Å². The lowest BCUT2D eigenvalue weighted by Gasteiger charge is -2.40. The Bertz CT molecular complexity index is 970. The monoisotopic (exact) mass is 383 g/mol. The molecule has 2 aromatic carbocycles. The van der Waals surface area contributed by atoms with E-state index in [4.69, 9.17) is 11.6 Å². The lowest BCUT2D eigenvalue weighted by molar-refractivity contribution is 0.164. The molecule has 7 nitrogen and oxygen atoms in total. The van der Waals surface area contributed by atoms with Gasteiger partial charge < -0.3 is 10.2 Å². The Morgan fingerprint density at radius 2 is 1.70 bits per heavy atom. The topological polar surface area (TPSA) is 68.2 Å². The highest BCUT2D eigenvalue weighted by Crippen LogP contribution is 2.41. The minimum atomic E-state index is -0.774. The van der Waals surface area contributed by atoms with E-state index in [1.54, 1.807) is 48.3 Å². The third kappa shape index (κ3) is 2.71. The van der Waals surface area contributed by atoms with Crippen molar-refractivity contribution in [2.45, 2.75) is 19.5 Å². The molecule has 0 atom stereocenters. The summed E-state index contributed by atoms with van der Waals surface area (Å²) in [5.74, 6) is 0.288. The molecule has 4 rings (SSSR count). The Kier molecular flexibility index (Phi) is 3.85. The second-order valence-electron chi connectivity index (χ2n) is 6.84. The van der Waals surface area contributed by atoms with Gasteiger partial charge in [-0.15, -0.1) is 0 Å². The van der Waals surface area contributed by atoms with Crippen LogP contribution in [0.1, 0.15) is 13.8 Å². The predicted molar refractivity (Wildman–Crippen MR) is 107 cm³/mol. The maximum absolute atomic E-state index is 13.1. The van der Waals surface area contributed by atoms with Gasteiger partial charge in [-0.2, -0.15) is 0 Å². The van der Waals surface area contributed by atoms with Crippen molar-refractivity contribution in [2.24, 2.45) is 4.99 Å². The van der Waals surface area contributed by atoms with Crippen LogP contribution in [0.25, 0.3) is 0 Å². The van der Waals surface area contributed by atoms with Crippen LogP contribution in [0.2, 0.25) is 5.02 Å². The summed E-state index contributed by atoms with van der Waals surface area (Å²) in [6.45, 7) is 3.65. The first-order valence-electron chi connectivity index (χ1n) is 8.43. The smallest absolute Gasteiger partial charge is 0.307 e. The highest BCUT2D eigenvalue weighted by Gasteiger charge is 2.48. The number of fused-ring (bicyclic) bond motifs is 3. The normalized spacial score (nSPS) is 17.4. The van der Waals surface area contributed by atoms with Crippen molar-refractivity contribution in [3.05, 3.63) is 53.6 Å². The average Bonchev–Trinajstić information content (AvgIpc) is 2.95. The van der Waals surface area contributed by atoms with E-state index in [-0.39, 0.29) is 12.0 Å². The van der Waals surface area contributed by atoms with Gasteiger partial charge in [0.25, 0.3) is 0 Å². The fourth-order valence-electron chi connectivity index (χ4n) is 3.06. The number of hydrogen-bond donors (Lipinski definition) is 1. The molecule has 2 aromatic rings. The van der Waals surface area contributed by atoms with Crippen LogP contribution in [0.3, 0.4) is 0 Å². The van der Waals surface area contributed by atoms with Gasteiger partial charge in [-0.05, 0) is 50.2 Å². The van der Waals surface area contributed by atoms with Gasteiger partial charge in [0.05, 0.1) is 11.4 Å². The summed E-state index contributed by atoms with van der Waals surface area (Å²) in [5.41, 5.74) is 1.04. The number of para-hydroxylation sites is 2. The van der Waals surface area contributed by atoms with Crippen LogP contribution in [-0.4, -0.2) is 35.6 Å². The number of anilines is 3. The predicted octanol–water partition coefficient (Wildman–Crippen LogP) is 4.36. The molecule has 0 aromatic heterocycles. The molecule has 0 unspecified atom stereocenters. The van der Waals surface area contributed by atoms with Crippen LogP contribution in [0, 0.1) is 0 Å². The Hall–Kier alpha value is -3.06. The first-order valence-corrected chi connectivity index (χ1v) is 8.81. The number of nitrogens with one attached hydrogen (secondary N) is 1. The Morgan fingerprint density at radius 1 is 1.07 bits per heavy atom. The molecule has 0 radical (unpaired) electrons. The van der Waals surface area contributed by atoms with Crippen molar-refractivity contribution in [3.8, 4) is 0 Å². The number of nitrogens with zero attached hydrogens (tertiary/aromatic N) is 4. The van der Waals surface area contributed by atoms with Gasteiger partial charge in [-0.1, -0.05) is 23.7 Å². The van der Waals surface area contributed by atoms with Crippen molar-refractivity contribution in [2.75, 3.05) is 22.2 Å². The van der Waals surface area contributed by atoms with E-state index in [2.05, 4.69) is 10.3 Å². The highest BCUT2D eigenvalue weighted by atomic mass is 35.5. The van der Waals surface area contributed by atoms with E-state index in [1.165, 1.54) is 9.80 Å². The standard InChI is InChI=1S/C19H18ClN5O2/c1-19(2)22-16-24(17(26)21-13-10-8-12(20)9-11-13)14-6-4-5-7-15(14)25(16)18(27)23(19)3/h4-11H,1-3H3,(H,21,26). The number of benzene rings is 2. The molecule has 0 saturated carbocycles. The summed E-state index contributed by atoms with van der Waals surface area (Å²) < 4.78 is 0. The van der Waals surface area contributed by atoms with E-state index < -0.39 is 11.7 Å². The largest absolute Gasteiger partial charge is 0.333 e. The molecular weight excluding hydrogens is 366 g/mol. The molecule has 0 saturated heterocycles. The maximum Gasteiger partial charge on any atom is 0.333 e. The van der Waals surface area contributed by atoms with Gasteiger partial charge in [-0.25, -0.2) is 24.4 Å². The van der Waals surface area contributed by atoms with Gasteiger partial charge in [0.2, 0.25) is 5.96 Å². The number of aliphatic imine (C=N–C) groups is 1. The van der Waals surface area contributed by atoms with Gasteiger partial charge in [0.15, 0.2) is 0 Å². The van der Waals surface area contributed by atoms with E-state index >= 15 is 0 Å². The molecule has 1 N–H and O–H groups in total. The number of urea groups is 2. The molecule has 27 heavy (non-hydrogen) atoms. The molecule has 0 fully saturated rings. The van der Waals surface area contributed by atoms with E-state index in [0.717, 1.165) is 0 Å². The summed E-state index contributed by atoms with van der Waals surface area (Å²) in [7, 11) is 1.70. The van der Waals surface area contributed by atoms with Crippen molar-refractivity contribution < 1.29 is 9.59 Å². The third-order valence-electron chi connectivity index (χ3n) is 4.73. The number of carbonyl (C=O) groups excluding carboxylic acids is 2. The van der Waals surface area contributed by atoms with Gasteiger partial charge in [0.1, 0.15) is 5.66 Å². The Labute approximate surface area is 161 Å². The number of rotatable bonds is 1. The fraction of sp³-hybridized carbons (Fsp3) is 0.211. The first-order chi connectivity index (χ1) is 12.8. The van der Waals surface area contributed by atoms with Crippen LogP contribution in [-0.2, 0) is 0 Å². The lowest BCUT2D eigenvalue weighted by Crippen LogP contribution is -2.60. The molecule has 8 heteroatoms. The summed E-state index contributed by atoms with van der Waals surface area (Å²) in [6, 6.07) is 13.4. The fourth-order valence-corrected chi connectivity index (χ4v) is 3.19. The summed E-state index contributed by atoms with van der Waals surface area (Å²) in [4.78, 5) is 35.1. The summed E-state index contributed by atoms with van der Waals surface area (Å²) in [5, 5.41) is 3.42. The van der Waals surface area contributed by atoms with Crippen molar-refractivity contribution in [1.82, 2.24) is 4.90 Å². The zero-order chi connectivity index (χ0) is 19.3. The number of guanidine groups is 1. The van der Waals surface area contributed by atoms with Crippen molar-refractivity contribution in [1.29, 1.82) is 0 Å². The molecule has 2 aliphatic rings. The molecule has 0 aliphatic carbocycles. The number of hydrogen-bond acceptors (Lipinski definition) is 3. The minimum absolute atomic E-state index is 0.237. The van der Waals surface area contributed by atoms with Crippen LogP contribution < -0.4 is 15.1 Å². The molecule has 0 bridgehead atoms. The van der Waals surface area contributed by atoms with Crippen molar-refractivity contribution >= 4 is 46.7 Å². The molecular formula is C19H18ClN5O2. The second kappa shape index (κ2) is 5.99. The van der Waals surface area contributed by atoms with Crippen LogP contribution in [0.4, 0.5) is 26.7 Å². The van der Waals surface area contributed by atoms with Crippen LogP contribution >= 0.6 is 11.6 Å². The van der Waals surface area contributed by atoms with Crippen LogP contribution in [0.5, 0.6) is 0 Å². The minimum Gasteiger partial charge on any atom is -0.307 e. The molecule has 2 heterocycles. The third-order valence-corrected chi connectivity index (χ3v) is 4.99. The molecule has 0 spiro atoms. The number of halogens is 1. The van der Waals surface area contributed by atoms with Crippen molar-refractivity contribution in [3.63, 3.8) is 0 Å². The number of amides is 4. The maximum atomic E-state index is 13.1. The van der Waals surface area contributed by atoms with Gasteiger partial charge in [0, 0.05) is 17.8 Å². The zero-order valence-corrected chi connectivity index (χ0v) is 15.9. The molecule has 4 amide bonds. The Morgan fingerprint density at radius 3 is 2.37 bits per heavy atom. The summed E-state index contributed by atoms with van der Waals surface area (Å²) in [6.07, 6.45) is 0. The second-order valence-corrected chi connectivity index (χ2v) is 7.28. The summed E-state index contributed by atoms with van der Waals surface area (Å²) >= 11 is 5.90. The average molecular weight is 384 g/mol. The highest BCUT2D eigenvalue weighted by molar-refractivity contribution is 6.37. The lowest BCUT2D eigenvalue weighted by atomic mass is 10.2. The van der Waals surface area contributed by atoms with E-state index in [1.807, 2.05) is 26.0 Å².